The second-order valence-electron chi connectivity index (χ2n) is 2.90. The molecule has 0 aliphatic heterocycles. The van der Waals surface area contributed by atoms with Crippen molar-refractivity contribution in [1.82, 2.24) is 0 Å². The van der Waals surface area contributed by atoms with Gasteiger partial charge in [-0.15, -0.1) is 0 Å². The lowest BCUT2D eigenvalue weighted by Crippen LogP contribution is -1.89. The Balaban J connectivity index is 3.18. The molecule has 0 saturated carbocycles. The van der Waals surface area contributed by atoms with E-state index in [9.17, 15) is 0 Å². The fourth-order valence-electron chi connectivity index (χ4n) is 1.19. The number of hydrogen-bond donors (Lipinski definition) is 0. The molecule has 0 saturated heterocycles. The Bertz CT molecular complexity index is 345. The molecule has 1 aromatic rings. The van der Waals surface area contributed by atoms with E-state index >= 15 is 0 Å². The molecule has 0 atom stereocenters. The molecule has 0 bridgehead atoms. The number of benzene rings is 1. The summed E-state index contributed by atoms with van der Waals surface area (Å²) in [4.78, 5) is 0. The Hall–Kier alpha value is -0.960. The van der Waals surface area contributed by atoms with Crippen LogP contribution in [0, 0.1) is 6.92 Å². The third-order valence-electron chi connectivity index (χ3n) is 1.83. The number of rotatable bonds is 3. The van der Waals surface area contributed by atoms with E-state index in [0.717, 1.165) is 21.3 Å². The molecule has 0 fully saturated rings. The third kappa shape index (κ3) is 2.51. The van der Waals surface area contributed by atoms with Crippen LogP contribution >= 0.6 is 15.9 Å². The zero-order valence-electron chi connectivity index (χ0n) is 8.50. The highest BCUT2D eigenvalue weighted by Gasteiger charge is 2.05. The monoisotopic (exact) mass is 256 g/mol. The Morgan fingerprint density at radius 3 is 2.57 bits per heavy atom. The molecular formula is C11H13BrO2. The number of ether oxygens (including phenoxy) is 2. The van der Waals surface area contributed by atoms with Gasteiger partial charge in [-0.1, -0.05) is 15.9 Å². The summed E-state index contributed by atoms with van der Waals surface area (Å²) < 4.78 is 11.1. The minimum absolute atomic E-state index is 0.838. The van der Waals surface area contributed by atoms with Gasteiger partial charge in [-0.25, -0.2) is 0 Å². The molecule has 1 aromatic carbocycles. The van der Waals surface area contributed by atoms with Crippen molar-refractivity contribution in [2.45, 2.75) is 6.92 Å². The zero-order chi connectivity index (χ0) is 10.6. The molecule has 0 unspecified atom stereocenters. The van der Waals surface area contributed by atoms with Gasteiger partial charge in [0, 0.05) is 10.0 Å². The van der Waals surface area contributed by atoms with Gasteiger partial charge in [0.05, 0.1) is 20.5 Å². The topological polar surface area (TPSA) is 18.5 Å². The summed E-state index contributed by atoms with van der Waals surface area (Å²) >= 11 is 3.48. The molecule has 2 nitrogen and oxygen atoms in total. The van der Waals surface area contributed by atoms with E-state index in [1.807, 2.05) is 25.1 Å². The van der Waals surface area contributed by atoms with Gasteiger partial charge in [-0.3, -0.25) is 0 Å². The zero-order valence-corrected chi connectivity index (χ0v) is 10.1. The molecule has 0 N–H and O–H groups in total. The molecular weight excluding hydrogens is 244 g/mol. The van der Waals surface area contributed by atoms with Gasteiger partial charge in [0.2, 0.25) is 0 Å². The summed E-state index contributed by atoms with van der Waals surface area (Å²) in [6, 6.07) is 4.03. The first kappa shape index (κ1) is 11.1. The molecule has 0 aromatic heterocycles. The summed E-state index contributed by atoms with van der Waals surface area (Å²) in [6.45, 7) is 2.02. The van der Waals surface area contributed by atoms with Crippen LogP contribution in [0.5, 0.6) is 5.75 Å². The van der Waals surface area contributed by atoms with Crippen LogP contribution in [0.3, 0.4) is 0 Å². The van der Waals surface area contributed by atoms with Gasteiger partial charge in [0.15, 0.2) is 0 Å². The maximum atomic E-state index is 5.27. The summed E-state index contributed by atoms with van der Waals surface area (Å²) in [5.41, 5.74) is 2.14. The minimum atomic E-state index is 0.838. The second-order valence-corrected chi connectivity index (χ2v) is 3.76. The Labute approximate surface area is 92.7 Å². The Kier molecular flexibility index (Phi) is 4.01. The highest BCUT2D eigenvalue weighted by Crippen LogP contribution is 2.29. The largest absolute Gasteiger partial charge is 0.504 e. The van der Waals surface area contributed by atoms with Crippen molar-refractivity contribution in [3.63, 3.8) is 0 Å². The number of halogens is 1. The molecule has 0 heterocycles. The third-order valence-corrected chi connectivity index (χ3v) is 2.48. The lowest BCUT2D eigenvalue weighted by atomic mass is 10.1. The summed E-state index contributed by atoms with van der Waals surface area (Å²) in [5.74, 6) is 0.838. The van der Waals surface area contributed by atoms with E-state index in [-0.39, 0.29) is 0 Å². The molecule has 1 rings (SSSR count). The van der Waals surface area contributed by atoms with E-state index in [2.05, 4.69) is 15.9 Å². The normalized spacial score (nSPS) is 10.6. The van der Waals surface area contributed by atoms with E-state index in [1.165, 1.54) is 0 Å². The molecule has 0 radical (unpaired) electrons. The average molecular weight is 257 g/mol. The molecule has 76 valence electrons. The van der Waals surface area contributed by atoms with E-state index in [0.29, 0.717) is 0 Å². The van der Waals surface area contributed by atoms with Crippen molar-refractivity contribution in [3.05, 3.63) is 34.0 Å². The van der Waals surface area contributed by atoms with Crippen molar-refractivity contribution in [2.24, 2.45) is 0 Å². The van der Waals surface area contributed by atoms with Gasteiger partial charge in [0.1, 0.15) is 5.75 Å². The van der Waals surface area contributed by atoms with Crippen molar-refractivity contribution >= 4 is 22.0 Å². The Morgan fingerprint density at radius 1 is 1.29 bits per heavy atom. The highest BCUT2D eigenvalue weighted by molar-refractivity contribution is 9.10. The smallest absolute Gasteiger partial charge is 0.127 e. The maximum Gasteiger partial charge on any atom is 0.127 e. The molecule has 0 spiro atoms. The van der Waals surface area contributed by atoms with Crippen LogP contribution in [0.4, 0.5) is 0 Å². The van der Waals surface area contributed by atoms with Crippen molar-refractivity contribution in [2.75, 3.05) is 14.2 Å². The molecule has 3 heteroatoms. The van der Waals surface area contributed by atoms with Gasteiger partial charge in [-0.2, -0.15) is 0 Å². The molecule has 0 amide bonds. The number of aryl methyl sites for hydroxylation is 1. The van der Waals surface area contributed by atoms with Gasteiger partial charge >= 0.3 is 0 Å². The minimum Gasteiger partial charge on any atom is -0.504 e. The van der Waals surface area contributed by atoms with Crippen LogP contribution in [0.1, 0.15) is 11.1 Å². The van der Waals surface area contributed by atoms with E-state index in [1.54, 1.807) is 20.5 Å². The fraction of sp³-hybridized carbons (Fsp3) is 0.273. The standard InChI is InChI=1S/C11H13BrO2/c1-8-6-10(12)9(4-5-13-2)11(7-8)14-3/h4-7H,1-3H3/b5-4+. The Morgan fingerprint density at radius 2 is 2.00 bits per heavy atom. The predicted molar refractivity (Wildman–Crippen MR) is 61.5 cm³/mol. The lowest BCUT2D eigenvalue weighted by molar-refractivity contribution is 0.341. The SMILES string of the molecule is CO/C=C/c1c(Br)cc(C)cc1OC. The van der Waals surface area contributed by atoms with Gasteiger partial charge < -0.3 is 9.47 Å². The summed E-state index contributed by atoms with van der Waals surface area (Å²) in [6.07, 6.45) is 3.49. The van der Waals surface area contributed by atoms with Crippen LogP contribution in [0.15, 0.2) is 22.9 Å². The van der Waals surface area contributed by atoms with Gasteiger partial charge in [0.25, 0.3) is 0 Å². The van der Waals surface area contributed by atoms with E-state index < -0.39 is 0 Å². The quantitative estimate of drug-likeness (QED) is 0.773. The average Bonchev–Trinajstić information content (AvgIpc) is 2.15. The lowest BCUT2D eigenvalue weighted by Gasteiger charge is -2.08. The summed E-state index contributed by atoms with van der Waals surface area (Å²) in [7, 11) is 3.27. The second kappa shape index (κ2) is 5.05. The molecule has 14 heavy (non-hydrogen) atoms. The van der Waals surface area contributed by atoms with E-state index in [4.69, 9.17) is 9.47 Å². The van der Waals surface area contributed by atoms with Gasteiger partial charge in [-0.05, 0) is 30.7 Å². The van der Waals surface area contributed by atoms with Crippen molar-refractivity contribution in [1.29, 1.82) is 0 Å². The maximum absolute atomic E-state index is 5.27. The summed E-state index contributed by atoms with van der Waals surface area (Å²) in [5, 5.41) is 0. The fourth-order valence-corrected chi connectivity index (χ4v) is 1.88. The molecule has 0 aliphatic rings. The van der Waals surface area contributed by atoms with Crippen molar-refractivity contribution < 1.29 is 9.47 Å². The number of methoxy groups -OCH3 is 2. The number of hydrogen-bond acceptors (Lipinski definition) is 2. The predicted octanol–water partition coefficient (Wildman–Crippen LogP) is 3.38. The van der Waals surface area contributed by atoms with Crippen LogP contribution in [-0.2, 0) is 4.74 Å². The first-order valence-electron chi connectivity index (χ1n) is 4.22. The van der Waals surface area contributed by atoms with Crippen LogP contribution in [0.2, 0.25) is 0 Å². The first-order chi connectivity index (χ1) is 6.69. The van der Waals surface area contributed by atoms with Crippen LogP contribution in [-0.4, -0.2) is 14.2 Å². The first-order valence-corrected chi connectivity index (χ1v) is 5.02. The molecule has 0 aliphatic carbocycles. The van der Waals surface area contributed by atoms with Crippen LogP contribution in [0.25, 0.3) is 6.08 Å². The van der Waals surface area contributed by atoms with Crippen LogP contribution < -0.4 is 4.74 Å². The highest BCUT2D eigenvalue weighted by atomic mass is 79.9. The van der Waals surface area contributed by atoms with Crippen molar-refractivity contribution in [3.8, 4) is 5.75 Å².